The molecule has 0 saturated carbocycles. The van der Waals surface area contributed by atoms with E-state index in [1.807, 2.05) is 0 Å². The van der Waals surface area contributed by atoms with Gasteiger partial charge in [0.05, 0.1) is 0 Å². The summed E-state index contributed by atoms with van der Waals surface area (Å²) in [5, 5.41) is 0. The monoisotopic (exact) mass is 270 g/mol. The van der Waals surface area contributed by atoms with Crippen molar-refractivity contribution < 1.29 is 0 Å². The minimum atomic E-state index is 0.453. The van der Waals surface area contributed by atoms with E-state index in [2.05, 4.69) is 41.1 Å². The fraction of sp³-hybridized carbons (Fsp3) is 0.500. The highest BCUT2D eigenvalue weighted by Gasteiger charge is 2.05. The van der Waals surface area contributed by atoms with E-state index in [9.17, 15) is 0 Å². The molecule has 0 radical (unpaired) electrons. The van der Waals surface area contributed by atoms with Gasteiger partial charge in [-0.05, 0) is 56.0 Å². The summed E-state index contributed by atoms with van der Waals surface area (Å²) in [5.41, 5.74) is 13.9. The molecule has 0 aliphatic rings. The van der Waals surface area contributed by atoms with Crippen molar-refractivity contribution in [2.24, 2.45) is 17.4 Å². The van der Waals surface area contributed by atoms with E-state index >= 15 is 0 Å². The van der Waals surface area contributed by atoms with Crippen LogP contribution in [0.2, 0.25) is 0 Å². The molecule has 1 aromatic carbocycles. The third kappa shape index (κ3) is 3.93. The van der Waals surface area contributed by atoms with E-state index in [-0.39, 0.29) is 0 Å². The first-order valence-corrected chi connectivity index (χ1v) is 6.11. The molecule has 2 nitrogen and oxygen atoms in total. The van der Waals surface area contributed by atoms with Gasteiger partial charge in [-0.3, -0.25) is 0 Å². The minimum absolute atomic E-state index is 0.453. The van der Waals surface area contributed by atoms with Crippen molar-refractivity contribution in [1.29, 1.82) is 0 Å². The van der Waals surface area contributed by atoms with Crippen LogP contribution in [0.3, 0.4) is 0 Å². The van der Waals surface area contributed by atoms with Crippen LogP contribution in [0.4, 0.5) is 0 Å². The van der Waals surface area contributed by atoms with Crippen LogP contribution in [0.1, 0.15) is 17.5 Å². The predicted octanol–water partition coefficient (Wildman–Crippen LogP) is 2.22. The second-order valence-electron chi connectivity index (χ2n) is 3.96. The SMILES string of the molecule is Cc1cc(CCC(CN)CN)ccc1Br. The number of aryl methyl sites for hydroxylation is 2. The topological polar surface area (TPSA) is 52.0 Å². The maximum Gasteiger partial charge on any atom is 0.0204 e. The van der Waals surface area contributed by atoms with E-state index in [4.69, 9.17) is 11.5 Å². The molecule has 0 atom stereocenters. The number of rotatable bonds is 5. The van der Waals surface area contributed by atoms with Crippen LogP contribution >= 0.6 is 15.9 Å². The lowest BCUT2D eigenvalue weighted by molar-refractivity contribution is 0.508. The van der Waals surface area contributed by atoms with Crippen LogP contribution in [0, 0.1) is 12.8 Å². The van der Waals surface area contributed by atoms with Gasteiger partial charge in [-0.2, -0.15) is 0 Å². The molecule has 1 aromatic rings. The van der Waals surface area contributed by atoms with Crippen molar-refractivity contribution in [3.8, 4) is 0 Å². The number of hydrogen-bond donors (Lipinski definition) is 2. The molecule has 0 saturated heterocycles. The Hall–Kier alpha value is -0.380. The predicted molar refractivity (Wildman–Crippen MR) is 68.8 cm³/mol. The van der Waals surface area contributed by atoms with Gasteiger partial charge in [-0.15, -0.1) is 0 Å². The molecular weight excluding hydrogens is 252 g/mol. The lowest BCUT2D eigenvalue weighted by Gasteiger charge is -2.12. The average Bonchev–Trinajstić information content (AvgIpc) is 2.24. The molecule has 0 heterocycles. The van der Waals surface area contributed by atoms with Crippen molar-refractivity contribution in [2.45, 2.75) is 19.8 Å². The zero-order chi connectivity index (χ0) is 11.3. The van der Waals surface area contributed by atoms with Crippen LogP contribution in [-0.2, 0) is 6.42 Å². The maximum atomic E-state index is 5.61. The lowest BCUT2D eigenvalue weighted by atomic mass is 9.99. The van der Waals surface area contributed by atoms with Gasteiger partial charge in [0.15, 0.2) is 0 Å². The fourth-order valence-electron chi connectivity index (χ4n) is 1.57. The van der Waals surface area contributed by atoms with Crippen LogP contribution in [0.25, 0.3) is 0 Å². The van der Waals surface area contributed by atoms with Crippen molar-refractivity contribution in [3.05, 3.63) is 33.8 Å². The Kier molecular flexibility index (Phi) is 5.29. The second-order valence-corrected chi connectivity index (χ2v) is 4.81. The van der Waals surface area contributed by atoms with Gasteiger partial charge in [0.1, 0.15) is 0 Å². The first-order valence-electron chi connectivity index (χ1n) is 5.32. The highest BCUT2D eigenvalue weighted by atomic mass is 79.9. The average molecular weight is 271 g/mol. The van der Waals surface area contributed by atoms with Crippen LogP contribution < -0.4 is 11.5 Å². The lowest BCUT2D eigenvalue weighted by Crippen LogP contribution is -2.23. The van der Waals surface area contributed by atoms with Gasteiger partial charge in [0.2, 0.25) is 0 Å². The molecule has 0 aliphatic carbocycles. The van der Waals surface area contributed by atoms with E-state index in [0.717, 1.165) is 12.8 Å². The highest BCUT2D eigenvalue weighted by Crippen LogP contribution is 2.18. The Bertz CT molecular complexity index is 308. The quantitative estimate of drug-likeness (QED) is 0.862. The van der Waals surface area contributed by atoms with Crippen molar-refractivity contribution in [2.75, 3.05) is 13.1 Å². The van der Waals surface area contributed by atoms with Gasteiger partial charge in [-0.25, -0.2) is 0 Å². The summed E-state index contributed by atoms with van der Waals surface area (Å²) >= 11 is 3.50. The molecule has 4 N–H and O–H groups in total. The van der Waals surface area contributed by atoms with E-state index in [1.165, 1.54) is 15.6 Å². The van der Waals surface area contributed by atoms with E-state index < -0.39 is 0 Å². The van der Waals surface area contributed by atoms with Gasteiger partial charge in [0, 0.05) is 4.47 Å². The molecule has 0 unspecified atom stereocenters. The molecule has 84 valence electrons. The molecule has 3 heteroatoms. The van der Waals surface area contributed by atoms with Gasteiger partial charge < -0.3 is 11.5 Å². The summed E-state index contributed by atoms with van der Waals surface area (Å²) in [5.74, 6) is 0.453. The molecule has 0 bridgehead atoms. The molecule has 15 heavy (non-hydrogen) atoms. The van der Waals surface area contributed by atoms with Gasteiger partial charge in [0.25, 0.3) is 0 Å². The standard InChI is InChI=1S/C12H19BrN2/c1-9-6-10(4-5-12(9)13)2-3-11(7-14)8-15/h4-6,11H,2-3,7-8,14-15H2,1H3. The van der Waals surface area contributed by atoms with Crippen molar-refractivity contribution in [1.82, 2.24) is 0 Å². The van der Waals surface area contributed by atoms with E-state index in [0.29, 0.717) is 19.0 Å². The molecule has 0 fully saturated rings. The Morgan fingerprint density at radius 1 is 1.27 bits per heavy atom. The third-order valence-corrected chi connectivity index (χ3v) is 3.62. The highest BCUT2D eigenvalue weighted by molar-refractivity contribution is 9.10. The number of hydrogen-bond acceptors (Lipinski definition) is 2. The molecular formula is C12H19BrN2. The summed E-state index contributed by atoms with van der Waals surface area (Å²) in [6.45, 7) is 3.48. The van der Waals surface area contributed by atoms with Gasteiger partial charge in [-0.1, -0.05) is 28.1 Å². The fourth-order valence-corrected chi connectivity index (χ4v) is 1.81. The minimum Gasteiger partial charge on any atom is -0.330 e. The Morgan fingerprint density at radius 3 is 2.47 bits per heavy atom. The first-order chi connectivity index (χ1) is 7.17. The van der Waals surface area contributed by atoms with Crippen LogP contribution in [-0.4, -0.2) is 13.1 Å². The molecule has 0 aliphatic heterocycles. The number of benzene rings is 1. The molecule has 0 amide bonds. The van der Waals surface area contributed by atoms with Crippen molar-refractivity contribution >= 4 is 15.9 Å². The maximum absolute atomic E-state index is 5.61. The molecule has 1 rings (SSSR count). The molecule has 0 spiro atoms. The smallest absolute Gasteiger partial charge is 0.0204 e. The summed E-state index contributed by atoms with van der Waals surface area (Å²) in [6, 6.07) is 6.47. The normalized spacial score (nSPS) is 11.0. The third-order valence-electron chi connectivity index (χ3n) is 2.73. The summed E-state index contributed by atoms with van der Waals surface area (Å²) in [6.07, 6.45) is 2.14. The largest absolute Gasteiger partial charge is 0.330 e. The zero-order valence-corrected chi connectivity index (χ0v) is 10.8. The first kappa shape index (κ1) is 12.7. The van der Waals surface area contributed by atoms with Gasteiger partial charge >= 0.3 is 0 Å². The van der Waals surface area contributed by atoms with Crippen LogP contribution in [0.15, 0.2) is 22.7 Å². The second kappa shape index (κ2) is 6.26. The Morgan fingerprint density at radius 2 is 1.93 bits per heavy atom. The van der Waals surface area contributed by atoms with E-state index in [1.54, 1.807) is 0 Å². The van der Waals surface area contributed by atoms with Crippen LogP contribution in [0.5, 0.6) is 0 Å². The number of nitrogens with two attached hydrogens (primary N) is 2. The summed E-state index contributed by atoms with van der Waals surface area (Å²) < 4.78 is 1.17. The Labute approximate surface area is 100 Å². The number of halogens is 1. The summed E-state index contributed by atoms with van der Waals surface area (Å²) in [7, 11) is 0. The Balaban J connectivity index is 2.54. The molecule has 0 aromatic heterocycles. The summed E-state index contributed by atoms with van der Waals surface area (Å²) in [4.78, 5) is 0. The zero-order valence-electron chi connectivity index (χ0n) is 9.17. The van der Waals surface area contributed by atoms with Crippen molar-refractivity contribution in [3.63, 3.8) is 0 Å².